The lowest BCUT2D eigenvalue weighted by molar-refractivity contribution is 0.140. The molecule has 0 fully saturated rings. The van der Waals surface area contributed by atoms with Crippen LogP contribution in [0.15, 0.2) is 30.5 Å². The van der Waals surface area contributed by atoms with Crippen molar-refractivity contribution in [2.45, 2.75) is 39.2 Å². The summed E-state index contributed by atoms with van der Waals surface area (Å²) in [4.78, 5) is 4.64. The highest BCUT2D eigenvalue weighted by molar-refractivity contribution is 5.79. The van der Waals surface area contributed by atoms with E-state index in [0.717, 1.165) is 47.6 Å². The Morgan fingerprint density at radius 3 is 2.90 bits per heavy atom. The minimum Gasteiger partial charge on any atom is -0.496 e. The molecular formula is C16H23N3O. The number of nitrogens with two attached hydrogens (primary N) is 1. The molecule has 1 aromatic heterocycles. The largest absolute Gasteiger partial charge is 0.496 e. The molecule has 0 aliphatic carbocycles. The number of imidazole rings is 1. The van der Waals surface area contributed by atoms with Gasteiger partial charge in [-0.15, -0.1) is 0 Å². The molecule has 108 valence electrons. The average molecular weight is 273 g/mol. The first-order valence-corrected chi connectivity index (χ1v) is 7.02. The molecule has 2 N–H and O–H groups in total. The Hall–Kier alpha value is -1.97. The number of aryl methyl sites for hydroxylation is 2. The molecule has 0 unspecified atom stereocenters. The summed E-state index contributed by atoms with van der Waals surface area (Å²) in [6.07, 6.45) is 2.95. The van der Waals surface area contributed by atoms with Crippen LogP contribution in [-0.2, 0) is 18.2 Å². The number of fused-ring (bicyclic) bond motifs is 1. The van der Waals surface area contributed by atoms with E-state index in [9.17, 15) is 0 Å². The van der Waals surface area contributed by atoms with Crippen molar-refractivity contribution in [1.29, 1.82) is 0 Å². The molecular weight excluding hydrogens is 250 g/mol. The predicted octanol–water partition coefficient (Wildman–Crippen LogP) is 3.42. The molecule has 0 saturated carbocycles. The molecule has 0 aliphatic heterocycles. The van der Waals surface area contributed by atoms with Gasteiger partial charge in [-0.05, 0) is 38.5 Å². The molecule has 0 radical (unpaired) electrons. The van der Waals surface area contributed by atoms with Crippen molar-refractivity contribution in [3.63, 3.8) is 0 Å². The Labute approximate surface area is 120 Å². The van der Waals surface area contributed by atoms with Crippen LogP contribution in [0, 0.1) is 0 Å². The van der Waals surface area contributed by atoms with Crippen LogP contribution < -0.4 is 5.73 Å². The second-order valence-corrected chi connectivity index (χ2v) is 5.39. The lowest BCUT2D eigenvalue weighted by atomic mass is 10.2. The minimum absolute atomic E-state index is 0.196. The van der Waals surface area contributed by atoms with E-state index in [1.54, 1.807) is 0 Å². The quantitative estimate of drug-likeness (QED) is 0.648. The fraction of sp³-hybridized carbons (Fsp3) is 0.438. The predicted molar refractivity (Wildman–Crippen MR) is 83.4 cm³/mol. The molecule has 1 heterocycles. The first-order valence-electron chi connectivity index (χ1n) is 7.02. The Morgan fingerprint density at radius 1 is 1.45 bits per heavy atom. The van der Waals surface area contributed by atoms with Crippen LogP contribution >= 0.6 is 0 Å². The van der Waals surface area contributed by atoms with Crippen LogP contribution in [0.2, 0.25) is 0 Å². The van der Waals surface area contributed by atoms with E-state index in [-0.39, 0.29) is 6.10 Å². The maximum atomic E-state index is 5.79. The number of anilines is 1. The molecule has 4 nitrogen and oxygen atoms in total. The zero-order valence-corrected chi connectivity index (χ0v) is 12.5. The van der Waals surface area contributed by atoms with Gasteiger partial charge >= 0.3 is 0 Å². The number of nitrogen functional groups attached to an aromatic ring is 1. The number of allylic oxidation sites excluding steroid dienone is 1. The van der Waals surface area contributed by atoms with Crippen LogP contribution in [0.5, 0.6) is 0 Å². The van der Waals surface area contributed by atoms with Crippen molar-refractivity contribution in [3.8, 4) is 0 Å². The summed E-state index contributed by atoms with van der Waals surface area (Å²) in [7, 11) is 2.04. The molecule has 0 spiro atoms. The normalized spacial score (nSPS) is 11.2. The molecule has 2 rings (SSSR count). The highest BCUT2D eigenvalue weighted by atomic mass is 16.5. The van der Waals surface area contributed by atoms with Crippen molar-refractivity contribution in [1.82, 2.24) is 9.55 Å². The molecule has 20 heavy (non-hydrogen) atoms. The SMILES string of the molecule is C=C(CCCc1nc2cc(N)ccc2n1C)OC(C)C. The topological polar surface area (TPSA) is 53.1 Å². The highest BCUT2D eigenvalue weighted by Crippen LogP contribution is 2.19. The van der Waals surface area contributed by atoms with Crippen molar-refractivity contribution in [2.24, 2.45) is 7.05 Å². The third kappa shape index (κ3) is 3.32. The number of hydrogen-bond acceptors (Lipinski definition) is 3. The van der Waals surface area contributed by atoms with Gasteiger partial charge in [-0.1, -0.05) is 6.58 Å². The monoisotopic (exact) mass is 273 g/mol. The van der Waals surface area contributed by atoms with E-state index in [4.69, 9.17) is 10.5 Å². The molecule has 0 saturated heterocycles. The van der Waals surface area contributed by atoms with Gasteiger partial charge in [0.1, 0.15) is 5.82 Å². The van der Waals surface area contributed by atoms with E-state index in [0.29, 0.717) is 0 Å². The van der Waals surface area contributed by atoms with E-state index >= 15 is 0 Å². The lowest BCUT2D eigenvalue weighted by Gasteiger charge is -2.12. The average Bonchev–Trinajstić information content (AvgIpc) is 2.65. The second-order valence-electron chi connectivity index (χ2n) is 5.39. The van der Waals surface area contributed by atoms with Gasteiger partial charge in [0.05, 0.1) is 22.9 Å². The van der Waals surface area contributed by atoms with Gasteiger partial charge in [0.2, 0.25) is 0 Å². The van der Waals surface area contributed by atoms with Crippen LogP contribution in [0.25, 0.3) is 11.0 Å². The van der Waals surface area contributed by atoms with Crippen LogP contribution in [0.4, 0.5) is 5.69 Å². The first-order chi connectivity index (χ1) is 9.47. The molecule has 0 aliphatic rings. The Morgan fingerprint density at radius 2 is 2.20 bits per heavy atom. The number of benzene rings is 1. The summed E-state index contributed by atoms with van der Waals surface area (Å²) in [6, 6.07) is 5.84. The molecule has 0 bridgehead atoms. The first kappa shape index (κ1) is 14.4. The molecule has 0 atom stereocenters. The number of nitrogens with zero attached hydrogens (tertiary/aromatic N) is 2. The maximum Gasteiger partial charge on any atom is 0.109 e. The van der Waals surface area contributed by atoms with Gasteiger partial charge in [0.15, 0.2) is 0 Å². The summed E-state index contributed by atoms with van der Waals surface area (Å²) in [5.74, 6) is 1.92. The lowest BCUT2D eigenvalue weighted by Crippen LogP contribution is -2.03. The number of rotatable bonds is 6. The van der Waals surface area contributed by atoms with Crippen molar-refractivity contribution < 1.29 is 4.74 Å². The molecule has 0 amide bonds. The maximum absolute atomic E-state index is 5.79. The van der Waals surface area contributed by atoms with Gasteiger partial charge in [0, 0.05) is 25.6 Å². The zero-order valence-electron chi connectivity index (χ0n) is 12.5. The fourth-order valence-corrected chi connectivity index (χ4v) is 2.33. The van der Waals surface area contributed by atoms with Crippen molar-refractivity contribution in [3.05, 3.63) is 36.4 Å². The van der Waals surface area contributed by atoms with Crippen molar-refractivity contribution >= 4 is 16.7 Å². The summed E-state index contributed by atoms with van der Waals surface area (Å²) in [6.45, 7) is 7.97. The van der Waals surface area contributed by atoms with E-state index < -0.39 is 0 Å². The molecule has 4 heteroatoms. The van der Waals surface area contributed by atoms with Gasteiger partial charge < -0.3 is 15.0 Å². The number of ether oxygens (including phenoxy) is 1. The van der Waals surface area contributed by atoms with Gasteiger partial charge in [-0.2, -0.15) is 0 Å². The van der Waals surface area contributed by atoms with Gasteiger partial charge in [0.25, 0.3) is 0 Å². The second kappa shape index (κ2) is 5.99. The Kier molecular flexibility index (Phi) is 4.32. The number of aromatic nitrogens is 2. The summed E-state index contributed by atoms with van der Waals surface area (Å²) in [5.41, 5.74) is 8.62. The van der Waals surface area contributed by atoms with Gasteiger partial charge in [-0.25, -0.2) is 4.98 Å². The van der Waals surface area contributed by atoms with E-state index in [1.165, 1.54) is 0 Å². The van der Waals surface area contributed by atoms with E-state index in [2.05, 4.69) is 16.1 Å². The van der Waals surface area contributed by atoms with E-state index in [1.807, 2.05) is 39.1 Å². The zero-order chi connectivity index (χ0) is 14.7. The van der Waals surface area contributed by atoms with Crippen molar-refractivity contribution in [2.75, 3.05) is 5.73 Å². The highest BCUT2D eigenvalue weighted by Gasteiger charge is 2.08. The van der Waals surface area contributed by atoms with Crippen LogP contribution in [0.3, 0.4) is 0 Å². The van der Waals surface area contributed by atoms with Crippen LogP contribution in [0.1, 0.15) is 32.5 Å². The summed E-state index contributed by atoms with van der Waals surface area (Å²) >= 11 is 0. The standard InChI is InChI=1S/C16H23N3O/c1-11(2)20-12(3)6-5-7-16-18-14-10-13(17)8-9-15(14)19(16)4/h8-11H,3,5-7,17H2,1-2,4H3. The van der Waals surface area contributed by atoms with Gasteiger partial charge in [-0.3, -0.25) is 0 Å². The number of hydrogen-bond donors (Lipinski definition) is 1. The fourth-order valence-electron chi connectivity index (χ4n) is 2.33. The Bertz CT molecular complexity index is 613. The van der Waals surface area contributed by atoms with Crippen LogP contribution in [-0.4, -0.2) is 15.7 Å². The summed E-state index contributed by atoms with van der Waals surface area (Å²) in [5, 5.41) is 0. The molecule has 2 aromatic rings. The third-order valence-corrected chi connectivity index (χ3v) is 3.26. The Balaban J connectivity index is 2.00. The summed E-state index contributed by atoms with van der Waals surface area (Å²) < 4.78 is 7.68. The molecule has 1 aromatic carbocycles. The third-order valence-electron chi connectivity index (χ3n) is 3.26. The minimum atomic E-state index is 0.196. The smallest absolute Gasteiger partial charge is 0.109 e.